The van der Waals surface area contributed by atoms with Crippen LogP contribution in [0.4, 0.5) is 0 Å². The number of benzene rings is 8. The van der Waals surface area contributed by atoms with Crippen LogP contribution < -0.4 is 0 Å². The van der Waals surface area contributed by atoms with Gasteiger partial charge in [0.25, 0.3) is 0 Å². The molecule has 1 unspecified atom stereocenters. The zero-order valence-corrected chi connectivity index (χ0v) is 25.7. The molecule has 1 heteroatoms. The molecule has 0 aromatic heterocycles. The first kappa shape index (κ1) is 24.9. The highest BCUT2D eigenvalue weighted by Crippen LogP contribution is 2.64. The van der Waals surface area contributed by atoms with Gasteiger partial charge in [0.2, 0.25) is 0 Å². The van der Waals surface area contributed by atoms with Crippen molar-refractivity contribution in [1.82, 2.24) is 0 Å². The lowest BCUT2D eigenvalue weighted by atomic mass is 9.69. The van der Waals surface area contributed by atoms with Crippen molar-refractivity contribution in [2.24, 2.45) is 0 Å². The van der Waals surface area contributed by atoms with E-state index in [2.05, 4.69) is 158 Å². The van der Waals surface area contributed by atoms with E-state index in [1.54, 1.807) is 0 Å². The Hall–Kier alpha value is -5.37. The highest BCUT2D eigenvalue weighted by atomic mass is 32.2. The average molecular weight is 599 g/mol. The van der Waals surface area contributed by atoms with Crippen molar-refractivity contribution in [3.63, 3.8) is 0 Å². The van der Waals surface area contributed by atoms with Crippen LogP contribution in [0.1, 0.15) is 22.3 Å². The van der Waals surface area contributed by atoms with Gasteiger partial charge in [0, 0.05) is 15.2 Å². The molecule has 1 spiro atoms. The number of hydrogen-bond acceptors (Lipinski definition) is 1. The lowest BCUT2D eigenvalue weighted by Crippen LogP contribution is -2.26. The summed E-state index contributed by atoms with van der Waals surface area (Å²) < 4.78 is 0. The van der Waals surface area contributed by atoms with Crippen LogP contribution >= 0.6 is 11.8 Å². The summed E-state index contributed by atoms with van der Waals surface area (Å²) in [5, 5.41) is 5.29. The standard InChI is InChI=1S/C45H26S/c1-2-12-31-27(10-1)20-24-34-32-13-3-6-16-37(32)45(44(31)34)38-17-7-4-14-33(38)36-26-29(22-25-39(36)45)30-23-21-28-11-9-19-41-42(28)43(30)35-15-5-8-18-40(35)46-41/h1-26H. The Kier molecular flexibility index (Phi) is 4.80. The third kappa shape index (κ3) is 2.97. The van der Waals surface area contributed by atoms with Gasteiger partial charge in [-0.25, -0.2) is 0 Å². The highest BCUT2D eigenvalue weighted by molar-refractivity contribution is 7.99. The maximum absolute atomic E-state index is 2.49. The fraction of sp³-hybridized carbons (Fsp3) is 0.0222. The van der Waals surface area contributed by atoms with E-state index in [0.717, 1.165) is 0 Å². The van der Waals surface area contributed by atoms with Crippen LogP contribution in [0.15, 0.2) is 168 Å². The van der Waals surface area contributed by atoms with E-state index < -0.39 is 0 Å². The van der Waals surface area contributed by atoms with Crippen LogP contribution in [-0.2, 0) is 5.41 Å². The molecule has 8 aromatic carbocycles. The van der Waals surface area contributed by atoms with Crippen LogP contribution in [0.3, 0.4) is 0 Å². The number of rotatable bonds is 1. The van der Waals surface area contributed by atoms with Gasteiger partial charge < -0.3 is 0 Å². The lowest BCUT2D eigenvalue weighted by Gasteiger charge is -2.31. The smallest absolute Gasteiger partial charge is 0.0731 e. The molecule has 0 amide bonds. The molecular formula is C45H26S. The van der Waals surface area contributed by atoms with Gasteiger partial charge >= 0.3 is 0 Å². The molecule has 11 rings (SSSR count). The van der Waals surface area contributed by atoms with Crippen LogP contribution in [0.5, 0.6) is 0 Å². The molecule has 3 aliphatic rings. The minimum atomic E-state index is -0.370. The lowest BCUT2D eigenvalue weighted by molar-refractivity contribution is 0.801. The Labute approximate surface area is 272 Å². The molecule has 0 fully saturated rings. The summed E-state index contributed by atoms with van der Waals surface area (Å²) in [5.74, 6) is 0. The summed E-state index contributed by atoms with van der Waals surface area (Å²) in [6, 6.07) is 59.4. The fourth-order valence-electron chi connectivity index (χ4n) is 8.92. The third-order valence-electron chi connectivity index (χ3n) is 10.7. The topological polar surface area (TPSA) is 0 Å². The second-order valence-electron chi connectivity index (χ2n) is 12.8. The van der Waals surface area contributed by atoms with Gasteiger partial charge in [-0.3, -0.25) is 0 Å². The van der Waals surface area contributed by atoms with Gasteiger partial charge in [-0.05, 0) is 101 Å². The monoisotopic (exact) mass is 598 g/mol. The first-order valence-corrected chi connectivity index (χ1v) is 16.8. The Morgan fingerprint density at radius 3 is 1.89 bits per heavy atom. The molecule has 1 heterocycles. The summed E-state index contributed by atoms with van der Waals surface area (Å²) in [6.45, 7) is 0. The summed E-state index contributed by atoms with van der Waals surface area (Å²) in [7, 11) is 0. The van der Waals surface area contributed by atoms with Crippen LogP contribution in [-0.4, -0.2) is 0 Å². The van der Waals surface area contributed by atoms with Crippen molar-refractivity contribution in [2.45, 2.75) is 15.2 Å². The largest absolute Gasteiger partial charge is 0.0888 e. The molecule has 1 atom stereocenters. The normalized spacial score (nSPS) is 16.3. The summed E-state index contributed by atoms with van der Waals surface area (Å²) in [5.41, 5.74) is 15.8. The van der Waals surface area contributed by atoms with Gasteiger partial charge in [-0.1, -0.05) is 151 Å². The van der Waals surface area contributed by atoms with E-state index in [1.807, 2.05) is 11.8 Å². The molecule has 2 aliphatic carbocycles. The molecule has 8 aromatic rings. The summed E-state index contributed by atoms with van der Waals surface area (Å²) in [6.07, 6.45) is 0. The summed E-state index contributed by atoms with van der Waals surface area (Å²) in [4.78, 5) is 2.66. The van der Waals surface area contributed by atoms with E-state index in [0.29, 0.717) is 0 Å². The van der Waals surface area contributed by atoms with E-state index >= 15 is 0 Å². The molecule has 0 N–H and O–H groups in total. The molecular weight excluding hydrogens is 573 g/mol. The van der Waals surface area contributed by atoms with Gasteiger partial charge in [0.15, 0.2) is 0 Å². The zero-order chi connectivity index (χ0) is 30.0. The maximum Gasteiger partial charge on any atom is 0.0731 e. The second-order valence-corrected chi connectivity index (χ2v) is 13.8. The van der Waals surface area contributed by atoms with Gasteiger partial charge in [0.1, 0.15) is 0 Å². The van der Waals surface area contributed by atoms with E-state index in [1.165, 1.54) is 98.1 Å². The van der Waals surface area contributed by atoms with Crippen LogP contribution in [0.25, 0.3) is 66.1 Å². The predicted octanol–water partition coefficient (Wildman–Crippen LogP) is 12.1. The van der Waals surface area contributed by atoms with Crippen molar-refractivity contribution < 1.29 is 0 Å². The highest BCUT2D eigenvalue weighted by Gasteiger charge is 2.52. The van der Waals surface area contributed by atoms with Crippen molar-refractivity contribution in [3.8, 4) is 44.5 Å². The molecule has 0 nitrogen and oxygen atoms in total. The fourth-order valence-corrected chi connectivity index (χ4v) is 10.1. The van der Waals surface area contributed by atoms with Crippen molar-refractivity contribution in [2.75, 3.05) is 0 Å². The quantitative estimate of drug-likeness (QED) is 0.181. The van der Waals surface area contributed by atoms with Crippen molar-refractivity contribution >= 4 is 33.3 Å². The van der Waals surface area contributed by atoms with Crippen molar-refractivity contribution in [1.29, 1.82) is 0 Å². The van der Waals surface area contributed by atoms with Gasteiger partial charge in [0.05, 0.1) is 5.41 Å². The van der Waals surface area contributed by atoms with E-state index in [-0.39, 0.29) is 5.41 Å². The number of hydrogen-bond donors (Lipinski definition) is 0. The Bertz CT molecular complexity index is 2630. The molecule has 0 radical (unpaired) electrons. The molecule has 46 heavy (non-hydrogen) atoms. The Morgan fingerprint density at radius 1 is 0.391 bits per heavy atom. The maximum atomic E-state index is 2.49. The Morgan fingerprint density at radius 2 is 1.02 bits per heavy atom. The third-order valence-corrected chi connectivity index (χ3v) is 11.8. The van der Waals surface area contributed by atoms with Crippen molar-refractivity contribution in [3.05, 3.63) is 180 Å². The predicted molar refractivity (Wildman–Crippen MR) is 193 cm³/mol. The minimum absolute atomic E-state index is 0.370. The second kappa shape index (κ2) is 8.88. The zero-order valence-electron chi connectivity index (χ0n) is 24.9. The SMILES string of the molecule is c1ccc2c(c1)Sc1cccc3ccc(-c4ccc5c(c4)-c4ccccc4C54c5ccccc5-c5ccc6ccccc6c54)c-2c13. The van der Waals surface area contributed by atoms with E-state index in [4.69, 9.17) is 0 Å². The van der Waals surface area contributed by atoms with Crippen LogP contribution in [0.2, 0.25) is 0 Å². The van der Waals surface area contributed by atoms with Gasteiger partial charge in [-0.15, -0.1) is 0 Å². The first-order chi connectivity index (χ1) is 22.8. The Balaban J connectivity index is 1.24. The van der Waals surface area contributed by atoms with Crippen LogP contribution in [0, 0.1) is 0 Å². The first-order valence-electron chi connectivity index (χ1n) is 16.0. The van der Waals surface area contributed by atoms with Gasteiger partial charge in [-0.2, -0.15) is 0 Å². The van der Waals surface area contributed by atoms with E-state index in [9.17, 15) is 0 Å². The summed E-state index contributed by atoms with van der Waals surface area (Å²) >= 11 is 1.89. The molecule has 1 aliphatic heterocycles. The minimum Gasteiger partial charge on any atom is -0.0888 e. The average Bonchev–Trinajstić information content (AvgIpc) is 3.59. The molecule has 0 bridgehead atoms. The molecule has 0 saturated carbocycles. The molecule has 0 saturated heterocycles. The molecule has 212 valence electrons. The number of fused-ring (bicyclic) bond motifs is 14.